The summed E-state index contributed by atoms with van der Waals surface area (Å²) < 4.78 is 1.88. The quantitative estimate of drug-likeness (QED) is 0.722. The summed E-state index contributed by atoms with van der Waals surface area (Å²) in [6.45, 7) is 0. The molecule has 2 heterocycles. The molecule has 0 aliphatic heterocycles. The first kappa shape index (κ1) is 10.7. The fourth-order valence-electron chi connectivity index (χ4n) is 2.21. The van der Waals surface area contributed by atoms with Crippen molar-refractivity contribution in [2.24, 2.45) is 11.7 Å². The van der Waals surface area contributed by atoms with Crippen LogP contribution in [0.4, 0.5) is 5.82 Å². The molecule has 7 heteroatoms. The molecule has 92 valence electrons. The van der Waals surface area contributed by atoms with Crippen LogP contribution in [-0.4, -0.2) is 25.4 Å². The van der Waals surface area contributed by atoms with E-state index in [0.29, 0.717) is 23.4 Å². The third kappa shape index (κ3) is 1.52. The normalized spacial score (nSPS) is 22.7. The summed E-state index contributed by atoms with van der Waals surface area (Å²) in [6, 6.07) is 0.0294. The highest BCUT2D eigenvalue weighted by Crippen LogP contribution is 2.30. The number of allylic oxidation sites excluding steroid dienone is 1. The maximum Gasteiger partial charge on any atom is 0.224 e. The molecule has 2 aromatic rings. The van der Waals surface area contributed by atoms with Crippen LogP contribution in [0.2, 0.25) is 0 Å². The van der Waals surface area contributed by atoms with E-state index in [-0.39, 0.29) is 17.9 Å². The highest BCUT2D eigenvalue weighted by molar-refractivity contribution is 5.82. The number of carbonyl (C=O) groups is 1. The summed E-state index contributed by atoms with van der Waals surface area (Å²) in [7, 11) is 0. The Labute approximate surface area is 103 Å². The Balaban J connectivity index is 2.00. The lowest BCUT2D eigenvalue weighted by Crippen LogP contribution is -2.21. The van der Waals surface area contributed by atoms with Crippen LogP contribution in [-0.2, 0) is 4.79 Å². The third-order valence-electron chi connectivity index (χ3n) is 3.17. The number of imidazole rings is 1. The van der Waals surface area contributed by atoms with Crippen molar-refractivity contribution in [2.45, 2.75) is 12.5 Å². The zero-order chi connectivity index (χ0) is 12.7. The van der Waals surface area contributed by atoms with Crippen LogP contribution in [0, 0.1) is 5.92 Å². The third-order valence-corrected chi connectivity index (χ3v) is 3.17. The maximum absolute atomic E-state index is 11.1. The van der Waals surface area contributed by atoms with Crippen LogP contribution in [0.3, 0.4) is 0 Å². The Hall–Kier alpha value is -2.44. The average Bonchev–Trinajstić information content (AvgIpc) is 2.94. The van der Waals surface area contributed by atoms with Crippen molar-refractivity contribution in [3.8, 4) is 0 Å². The van der Waals surface area contributed by atoms with E-state index < -0.39 is 0 Å². The molecule has 2 atom stereocenters. The number of nitrogen functional groups attached to an aromatic ring is 1. The number of anilines is 1. The standard InChI is InChI=1S/C11H12N6O/c12-9-8-11(15-4-14-9)17(5-16-8)7-2-1-6(3-7)10(13)18/h1-2,4-7H,3H2,(H2,13,18)(H2,12,14,15). The largest absolute Gasteiger partial charge is 0.382 e. The van der Waals surface area contributed by atoms with E-state index >= 15 is 0 Å². The zero-order valence-electron chi connectivity index (χ0n) is 9.52. The summed E-state index contributed by atoms with van der Waals surface area (Å²) in [5.41, 5.74) is 12.3. The minimum atomic E-state index is -0.313. The topological polar surface area (TPSA) is 113 Å². The number of amides is 1. The first-order valence-corrected chi connectivity index (χ1v) is 5.57. The van der Waals surface area contributed by atoms with E-state index in [9.17, 15) is 4.79 Å². The van der Waals surface area contributed by atoms with Gasteiger partial charge in [0.25, 0.3) is 0 Å². The van der Waals surface area contributed by atoms with E-state index in [1.807, 2.05) is 16.7 Å². The van der Waals surface area contributed by atoms with Crippen LogP contribution in [0.1, 0.15) is 12.5 Å². The molecule has 0 fully saturated rings. The molecular formula is C11H12N6O. The molecule has 2 unspecified atom stereocenters. The van der Waals surface area contributed by atoms with Crippen LogP contribution in [0.15, 0.2) is 24.8 Å². The monoisotopic (exact) mass is 244 g/mol. The van der Waals surface area contributed by atoms with Crippen molar-refractivity contribution in [3.05, 3.63) is 24.8 Å². The second kappa shape index (κ2) is 3.80. The zero-order valence-corrected chi connectivity index (χ0v) is 9.52. The van der Waals surface area contributed by atoms with Gasteiger partial charge in [-0.2, -0.15) is 0 Å². The Morgan fingerprint density at radius 2 is 2.17 bits per heavy atom. The highest BCUT2D eigenvalue weighted by atomic mass is 16.1. The van der Waals surface area contributed by atoms with E-state index in [0.717, 1.165) is 0 Å². The number of aromatic nitrogens is 4. The Kier molecular flexibility index (Phi) is 2.26. The van der Waals surface area contributed by atoms with Crippen LogP contribution >= 0.6 is 0 Å². The van der Waals surface area contributed by atoms with Crippen molar-refractivity contribution >= 4 is 22.9 Å². The van der Waals surface area contributed by atoms with Gasteiger partial charge in [-0.3, -0.25) is 4.79 Å². The molecule has 0 bridgehead atoms. The number of fused-ring (bicyclic) bond motifs is 1. The molecule has 0 saturated carbocycles. The van der Waals surface area contributed by atoms with Gasteiger partial charge in [0.15, 0.2) is 11.5 Å². The minimum absolute atomic E-state index is 0.0294. The molecule has 7 nitrogen and oxygen atoms in total. The lowest BCUT2D eigenvalue weighted by atomic mass is 10.1. The number of nitrogens with zero attached hydrogens (tertiary/aromatic N) is 4. The molecule has 0 aromatic carbocycles. The first-order valence-electron chi connectivity index (χ1n) is 5.57. The number of primary amides is 1. The van der Waals surface area contributed by atoms with Gasteiger partial charge < -0.3 is 16.0 Å². The minimum Gasteiger partial charge on any atom is -0.382 e. The van der Waals surface area contributed by atoms with E-state index in [4.69, 9.17) is 11.5 Å². The number of rotatable bonds is 2. The van der Waals surface area contributed by atoms with E-state index in [2.05, 4.69) is 15.0 Å². The molecule has 1 aliphatic rings. The van der Waals surface area contributed by atoms with Gasteiger partial charge in [-0.05, 0) is 6.42 Å². The van der Waals surface area contributed by atoms with E-state index in [1.165, 1.54) is 6.33 Å². The van der Waals surface area contributed by atoms with Gasteiger partial charge in [0, 0.05) is 0 Å². The first-order chi connectivity index (χ1) is 8.66. The van der Waals surface area contributed by atoms with Gasteiger partial charge in [0.2, 0.25) is 5.91 Å². The molecule has 0 spiro atoms. The van der Waals surface area contributed by atoms with E-state index in [1.54, 1.807) is 6.33 Å². The molecule has 4 N–H and O–H groups in total. The predicted octanol–water partition coefficient (Wildman–Crippen LogP) is 0.0110. The Morgan fingerprint density at radius 3 is 2.89 bits per heavy atom. The molecular weight excluding hydrogens is 232 g/mol. The highest BCUT2D eigenvalue weighted by Gasteiger charge is 2.25. The lowest BCUT2D eigenvalue weighted by Gasteiger charge is -2.11. The second-order valence-electron chi connectivity index (χ2n) is 4.28. The molecule has 0 radical (unpaired) electrons. The van der Waals surface area contributed by atoms with Gasteiger partial charge in [0.05, 0.1) is 18.3 Å². The van der Waals surface area contributed by atoms with Crippen LogP contribution < -0.4 is 11.5 Å². The van der Waals surface area contributed by atoms with Gasteiger partial charge in [-0.15, -0.1) is 0 Å². The Morgan fingerprint density at radius 1 is 1.33 bits per heavy atom. The fraction of sp³-hybridized carbons (Fsp3) is 0.273. The fourth-order valence-corrected chi connectivity index (χ4v) is 2.21. The van der Waals surface area contributed by atoms with Crippen molar-refractivity contribution in [1.29, 1.82) is 0 Å². The number of hydrogen-bond donors (Lipinski definition) is 2. The van der Waals surface area contributed by atoms with Gasteiger partial charge in [-0.1, -0.05) is 12.2 Å². The summed E-state index contributed by atoms with van der Waals surface area (Å²) in [5.74, 6) is -0.189. The molecule has 18 heavy (non-hydrogen) atoms. The van der Waals surface area contributed by atoms with Gasteiger partial charge in [0.1, 0.15) is 11.8 Å². The smallest absolute Gasteiger partial charge is 0.224 e. The average molecular weight is 244 g/mol. The Bertz CT molecular complexity index is 646. The SMILES string of the molecule is NC(=O)C1C=CC(n2cnc3c(N)ncnc32)C1. The number of hydrogen-bond acceptors (Lipinski definition) is 5. The maximum atomic E-state index is 11.1. The molecule has 3 rings (SSSR count). The molecule has 2 aromatic heterocycles. The molecule has 0 saturated heterocycles. The number of nitrogens with two attached hydrogens (primary N) is 2. The van der Waals surface area contributed by atoms with Crippen molar-refractivity contribution in [3.63, 3.8) is 0 Å². The lowest BCUT2D eigenvalue weighted by molar-refractivity contribution is -0.120. The van der Waals surface area contributed by atoms with Crippen molar-refractivity contribution < 1.29 is 4.79 Å². The summed E-state index contributed by atoms with van der Waals surface area (Å²) in [5, 5.41) is 0. The summed E-state index contributed by atoms with van der Waals surface area (Å²) >= 11 is 0. The molecule has 1 aliphatic carbocycles. The van der Waals surface area contributed by atoms with Gasteiger partial charge in [-0.25, -0.2) is 15.0 Å². The molecule has 1 amide bonds. The van der Waals surface area contributed by atoms with Crippen LogP contribution in [0.5, 0.6) is 0 Å². The summed E-state index contributed by atoms with van der Waals surface area (Å²) in [6.07, 6.45) is 7.46. The predicted molar refractivity (Wildman–Crippen MR) is 65.2 cm³/mol. The van der Waals surface area contributed by atoms with Crippen LogP contribution in [0.25, 0.3) is 11.2 Å². The van der Waals surface area contributed by atoms with Gasteiger partial charge >= 0.3 is 0 Å². The second-order valence-corrected chi connectivity index (χ2v) is 4.28. The number of carbonyl (C=O) groups excluding carboxylic acids is 1. The summed E-state index contributed by atoms with van der Waals surface area (Å²) in [4.78, 5) is 23.4. The van der Waals surface area contributed by atoms with Crippen molar-refractivity contribution in [2.75, 3.05) is 5.73 Å². The van der Waals surface area contributed by atoms with Crippen molar-refractivity contribution in [1.82, 2.24) is 19.5 Å².